The van der Waals surface area contributed by atoms with Gasteiger partial charge in [-0.1, -0.05) is 11.4 Å². The summed E-state index contributed by atoms with van der Waals surface area (Å²) in [7, 11) is 1.59. The number of rotatable bonds is 6. The molecule has 0 aliphatic heterocycles. The molecule has 0 aliphatic carbocycles. The average molecular weight is 382 g/mol. The van der Waals surface area contributed by atoms with Gasteiger partial charge in [-0.3, -0.25) is 9.59 Å². The zero-order valence-corrected chi connectivity index (χ0v) is 15.7. The summed E-state index contributed by atoms with van der Waals surface area (Å²) >= 11 is 1.07. The largest absolute Gasteiger partial charge is 0.497 e. The molecular weight excluding hydrogens is 364 g/mol. The normalized spacial score (nSPS) is 10.3. The van der Waals surface area contributed by atoms with E-state index in [0.29, 0.717) is 33.9 Å². The number of benzene rings is 2. The molecule has 1 heterocycles. The van der Waals surface area contributed by atoms with E-state index in [-0.39, 0.29) is 11.8 Å². The minimum absolute atomic E-state index is 0.238. The number of aromatic nitrogens is 2. The summed E-state index contributed by atoms with van der Waals surface area (Å²) in [5, 5.41) is 9.54. The third kappa shape index (κ3) is 4.48. The summed E-state index contributed by atoms with van der Waals surface area (Å²) < 4.78 is 8.90. The molecule has 138 valence electrons. The second kappa shape index (κ2) is 8.41. The quantitative estimate of drug-likeness (QED) is 0.679. The molecule has 0 bridgehead atoms. The van der Waals surface area contributed by atoms with Gasteiger partial charge in [-0.05, 0) is 66.5 Å². The minimum atomic E-state index is -0.253. The number of aryl methyl sites for hydroxylation is 1. The standard InChI is InChI=1S/C19H18N4O3S/c1-3-16-17(27-23-22-16)19(25)21-13-6-4-12(5-7-13)18(24)20-14-8-10-15(26-2)11-9-14/h4-11H,3H2,1-2H3,(H,20,24)(H,21,25). The number of anilines is 2. The van der Waals surface area contributed by atoms with Crippen LogP contribution in [-0.2, 0) is 6.42 Å². The van der Waals surface area contributed by atoms with Crippen LogP contribution in [0.4, 0.5) is 11.4 Å². The monoisotopic (exact) mass is 382 g/mol. The van der Waals surface area contributed by atoms with Crippen molar-refractivity contribution in [2.24, 2.45) is 0 Å². The van der Waals surface area contributed by atoms with Crippen molar-refractivity contribution in [3.8, 4) is 5.75 Å². The summed E-state index contributed by atoms with van der Waals surface area (Å²) in [6.45, 7) is 1.92. The molecule has 1 aromatic heterocycles. The van der Waals surface area contributed by atoms with Gasteiger partial charge in [0.2, 0.25) is 0 Å². The highest BCUT2D eigenvalue weighted by Gasteiger charge is 2.15. The highest BCUT2D eigenvalue weighted by molar-refractivity contribution is 7.08. The van der Waals surface area contributed by atoms with Crippen LogP contribution in [0.1, 0.15) is 32.6 Å². The lowest BCUT2D eigenvalue weighted by atomic mass is 10.2. The Balaban J connectivity index is 1.63. The Labute approximate surface area is 160 Å². The van der Waals surface area contributed by atoms with Crippen molar-refractivity contribution in [3.63, 3.8) is 0 Å². The van der Waals surface area contributed by atoms with Crippen LogP contribution >= 0.6 is 11.5 Å². The van der Waals surface area contributed by atoms with Gasteiger partial charge < -0.3 is 15.4 Å². The Morgan fingerprint density at radius 3 is 2.15 bits per heavy atom. The van der Waals surface area contributed by atoms with E-state index in [1.165, 1.54) is 0 Å². The number of amides is 2. The van der Waals surface area contributed by atoms with Crippen LogP contribution in [0.3, 0.4) is 0 Å². The van der Waals surface area contributed by atoms with E-state index in [1.807, 2.05) is 6.92 Å². The molecule has 3 rings (SSSR count). The lowest BCUT2D eigenvalue weighted by molar-refractivity contribution is 0.102. The van der Waals surface area contributed by atoms with Gasteiger partial charge in [0.25, 0.3) is 11.8 Å². The van der Waals surface area contributed by atoms with Crippen LogP contribution in [0, 0.1) is 0 Å². The van der Waals surface area contributed by atoms with Crippen molar-refractivity contribution < 1.29 is 14.3 Å². The van der Waals surface area contributed by atoms with Gasteiger partial charge in [-0.15, -0.1) is 5.10 Å². The third-order valence-corrected chi connectivity index (χ3v) is 4.62. The van der Waals surface area contributed by atoms with Gasteiger partial charge in [-0.25, -0.2) is 0 Å². The third-order valence-electron chi connectivity index (χ3n) is 3.85. The van der Waals surface area contributed by atoms with E-state index >= 15 is 0 Å². The number of nitrogens with one attached hydrogen (secondary N) is 2. The first-order valence-electron chi connectivity index (χ1n) is 8.28. The second-order valence-corrected chi connectivity index (χ2v) is 6.37. The lowest BCUT2D eigenvalue weighted by Gasteiger charge is -2.08. The topological polar surface area (TPSA) is 93.2 Å². The van der Waals surface area contributed by atoms with Crippen molar-refractivity contribution >= 4 is 34.7 Å². The zero-order chi connectivity index (χ0) is 19.2. The summed E-state index contributed by atoms with van der Waals surface area (Å²) in [5.41, 5.74) is 2.42. The Morgan fingerprint density at radius 1 is 0.963 bits per heavy atom. The number of ether oxygens (including phenoxy) is 1. The lowest BCUT2D eigenvalue weighted by Crippen LogP contribution is -2.14. The summed E-state index contributed by atoms with van der Waals surface area (Å²) in [4.78, 5) is 25.1. The van der Waals surface area contributed by atoms with Gasteiger partial charge in [0.1, 0.15) is 10.6 Å². The minimum Gasteiger partial charge on any atom is -0.497 e. The van der Waals surface area contributed by atoms with Crippen LogP contribution in [0.25, 0.3) is 0 Å². The van der Waals surface area contributed by atoms with Gasteiger partial charge in [0.15, 0.2) is 0 Å². The highest BCUT2D eigenvalue weighted by Crippen LogP contribution is 2.18. The molecule has 2 N–H and O–H groups in total. The van der Waals surface area contributed by atoms with E-state index in [2.05, 4.69) is 20.2 Å². The number of hydrogen-bond acceptors (Lipinski definition) is 6. The molecule has 8 heteroatoms. The van der Waals surface area contributed by atoms with E-state index < -0.39 is 0 Å². The first-order valence-corrected chi connectivity index (χ1v) is 9.06. The first kappa shape index (κ1) is 18.5. The van der Waals surface area contributed by atoms with Crippen molar-refractivity contribution in [3.05, 3.63) is 64.7 Å². The van der Waals surface area contributed by atoms with Gasteiger partial charge in [0.05, 0.1) is 12.8 Å². The predicted molar refractivity (Wildman–Crippen MR) is 105 cm³/mol. The molecular formula is C19H18N4O3S. The van der Waals surface area contributed by atoms with E-state index in [0.717, 1.165) is 17.3 Å². The molecule has 0 fully saturated rings. The van der Waals surface area contributed by atoms with Gasteiger partial charge in [0, 0.05) is 16.9 Å². The highest BCUT2D eigenvalue weighted by atomic mass is 32.1. The number of nitrogens with zero attached hydrogens (tertiary/aromatic N) is 2. The molecule has 0 unspecified atom stereocenters. The van der Waals surface area contributed by atoms with Crippen molar-refractivity contribution in [2.45, 2.75) is 13.3 Å². The van der Waals surface area contributed by atoms with E-state index in [4.69, 9.17) is 4.74 Å². The van der Waals surface area contributed by atoms with Crippen LogP contribution in [0.15, 0.2) is 48.5 Å². The molecule has 0 aliphatic rings. The van der Waals surface area contributed by atoms with Crippen molar-refractivity contribution in [2.75, 3.05) is 17.7 Å². The summed E-state index contributed by atoms with van der Waals surface area (Å²) in [6.07, 6.45) is 0.643. The number of methoxy groups -OCH3 is 1. The van der Waals surface area contributed by atoms with E-state index in [1.54, 1.807) is 55.6 Å². The van der Waals surface area contributed by atoms with Crippen molar-refractivity contribution in [1.82, 2.24) is 9.59 Å². The molecule has 27 heavy (non-hydrogen) atoms. The number of hydrogen-bond donors (Lipinski definition) is 2. The Morgan fingerprint density at radius 2 is 1.56 bits per heavy atom. The molecule has 2 amide bonds. The van der Waals surface area contributed by atoms with Gasteiger partial charge >= 0.3 is 0 Å². The molecule has 0 saturated carbocycles. The predicted octanol–water partition coefficient (Wildman–Crippen LogP) is 3.61. The smallest absolute Gasteiger partial charge is 0.269 e. The number of carbonyl (C=O) groups is 2. The van der Waals surface area contributed by atoms with Crippen molar-refractivity contribution in [1.29, 1.82) is 0 Å². The maximum Gasteiger partial charge on any atom is 0.269 e. The SMILES string of the molecule is CCc1nnsc1C(=O)Nc1ccc(C(=O)Nc2ccc(OC)cc2)cc1. The maximum atomic E-state index is 12.3. The molecule has 3 aromatic rings. The average Bonchev–Trinajstić information content (AvgIpc) is 3.18. The fraction of sp³-hybridized carbons (Fsp3) is 0.158. The fourth-order valence-corrected chi connectivity index (χ4v) is 3.03. The van der Waals surface area contributed by atoms with Crippen LogP contribution in [0.5, 0.6) is 5.75 Å². The molecule has 2 aromatic carbocycles. The van der Waals surface area contributed by atoms with Crippen LogP contribution in [0.2, 0.25) is 0 Å². The molecule has 0 atom stereocenters. The summed E-state index contributed by atoms with van der Waals surface area (Å²) in [6, 6.07) is 13.7. The van der Waals surface area contributed by atoms with E-state index in [9.17, 15) is 9.59 Å². The first-order chi connectivity index (χ1) is 13.1. The summed E-state index contributed by atoms with van der Waals surface area (Å²) in [5.74, 6) is 0.228. The second-order valence-electron chi connectivity index (χ2n) is 5.62. The molecule has 7 nitrogen and oxygen atoms in total. The Bertz CT molecular complexity index is 936. The van der Waals surface area contributed by atoms with Gasteiger partial charge in [-0.2, -0.15) is 0 Å². The number of carbonyl (C=O) groups excluding carboxylic acids is 2. The Hall–Kier alpha value is -3.26. The maximum absolute atomic E-state index is 12.3. The molecule has 0 saturated heterocycles. The zero-order valence-electron chi connectivity index (χ0n) is 14.9. The molecule has 0 spiro atoms. The van der Waals surface area contributed by atoms with Crippen LogP contribution in [-0.4, -0.2) is 28.5 Å². The Kier molecular flexibility index (Phi) is 5.77. The molecule has 0 radical (unpaired) electrons. The van der Waals surface area contributed by atoms with Crippen LogP contribution < -0.4 is 15.4 Å². The fourth-order valence-electron chi connectivity index (χ4n) is 2.38.